The van der Waals surface area contributed by atoms with E-state index in [4.69, 9.17) is 9.47 Å². The second-order valence-electron chi connectivity index (χ2n) is 5.01. The van der Waals surface area contributed by atoms with Crippen LogP contribution < -0.4 is 20.1 Å². The summed E-state index contributed by atoms with van der Waals surface area (Å²) < 4.78 is 11.5. The Morgan fingerprint density at radius 3 is 2.60 bits per heavy atom. The van der Waals surface area contributed by atoms with Gasteiger partial charge in [-0.25, -0.2) is 0 Å². The number of likely N-dealkylation sites (N-methyl/N-ethyl adjacent to an activating group) is 1. The Hall–Kier alpha value is -1.75. The minimum atomic E-state index is -0.612. The summed E-state index contributed by atoms with van der Waals surface area (Å²) in [4.78, 5) is 12.2. The van der Waals surface area contributed by atoms with Crippen molar-refractivity contribution in [2.45, 2.75) is 39.0 Å². The SMILES string of the molecule is CCN[C@H](C)CNC(=O)C1Oc2ccccc2OC1C. The first-order valence-electron chi connectivity index (χ1n) is 7.05. The Morgan fingerprint density at radius 1 is 1.30 bits per heavy atom. The van der Waals surface area contributed by atoms with E-state index in [0.717, 1.165) is 6.54 Å². The number of carbonyl (C=O) groups is 1. The molecular weight excluding hydrogens is 256 g/mol. The molecule has 5 nitrogen and oxygen atoms in total. The molecule has 1 aliphatic heterocycles. The van der Waals surface area contributed by atoms with Crippen molar-refractivity contribution >= 4 is 5.91 Å². The summed E-state index contributed by atoms with van der Waals surface area (Å²) in [5.74, 6) is 1.16. The lowest BCUT2D eigenvalue weighted by Crippen LogP contribution is -2.51. The Labute approximate surface area is 119 Å². The van der Waals surface area contributed by atoms with Gasteiger partial charge in [-0.3, -0.25) is 4.79 Å². The average molecular weight is 278 g/mol. The standard InChI is InChI=1S/C15H22N2O3/c1-4-16-10(2)9-17-15(18)14-11(3)19-12-7-5-6-8-13(12)20-14/h5-8,10-11,14,16H,4,9H2,1-3H3,(H,17,18)/t10-,11?,14?/m1/s1. The van der Waals surface area contributed by atoms with E-state index in [1.165, 1.54) is 0 Å². The van der Waals surface area contributed by atoms with Gasteiger partial charge in [0.15, 0.2) is 11.5 Å². The van der Waals surface area contributed by atoms with Gasteiger partial charge in [-0.05, 0) is 32.5 Å². The zero-order valence-corrected chi connectivity index (χ0v) is 12.2. The highest BCUT2D eigenvalue weighted by Gasteiger charge is 2.33. The molecule has 20 heavy (non-hydrogen) atoms. The largest absolute Gasteiger partial charge is 0.482 e. The van der Waals surface area contributed by atoms with Crippen LogP contribution in [-0.2, 0) is 4.79 Å². The summed E-state index contributed by atoms with van der Waals surface area (Å²) in [6.07, 6.45) is -0.918. The van der Waals surface area contributed by atoms with Gasteiger partial charge in [0.1, 0.15) is 6.10 Å². The summed E-state index contributed by atoms with van der Waals surface area (Å²) >= 11 is 0. The van der Waals surface area contributed by atoms with Gasteiger partial charge in [0.05, 0.1) is 0 Å². The summed E-state index contributed by atoms with van der Waals surface area (Å²) in [5.41, 5.74) is 0. The molecule has 0 fully saturated rings. The molecule has 1 heterocycles. The minimum absolute atomic E-state index is 0.142. The number of amides is 1. The molecule has 110 valence electrons. The molecule has 0 saturated heterocycles. The number of benzene rings is 1. The van der Waals surface area contributed by atoms with Crippen LogP contribution in [0.4, 0.5) is 0 Å². The lowest BCUT2D eigenvalue weighted by molar-refractivity contribution is -0.133. The van der Waals surface area contributed by atoms with Gasteiger partial charge in [0.25, 0.3) is 5.91 Å². The molecule has 0 radical (unpaired) electrons. The number of rotatable bonds is 5. The maximum Gasteiger partial charge on any atom is 0.265 e. The number of ether oxygens (including phenoxy) is 2. The first-order valence-corrected chi connectivity index (χ1v) is 7.05. The Balaban J connectivity index is 1.94. The van der Waals surface area contributed by atoms with Gasteiger partial charge in [-0.1, -0.05) is 19.1 Å². The maximum atomic E-state index is 12.2. The van der Waals surface area contributed by atoms with E-state index in [9.17, 15) is 4.79 Å². The smallest absolute Gasteiger partial charge is 0.265 e. The first-order chi connectivity index (χ1) is 9.61. The average Bonchev–Trinajstić information content (AvgIpc) is 2.44. The Bertz CT molecular complexity index is 464. The third kappa shape index (κ3) is 3.42. The van der Waals surface area contributed by atoms with E-state index >= 15 is 0 Å². The molecule has 2 rings (SSSR count). The second kappa shape index (κ2) is 6.61. The van der Waals surface area contributed by atoms with Crippen molar-refractivity contribution in [3.05, 3.63) is 24.3 Å². The molecule has 0 aliphatic carbocycles. The van der Waals surface area contributed by atoms with Crippen LogP contribution in [-0.4, -0.2) is 37.2 Å². The summed E-state index contributed by atoms with van der Waals surface area (Å²) in [7, 11) is 0. The van der Waals surface area contributed by atoms with E-state index in [1.54, 1.807) is 0 Å². The van der Waals surface area contributed by atoms with Crippen LogP contribution in [0, 0.1) is 0 Å². The van der Waals surface area contributed by atoms with Crippen LogP contribution in [0.1, 0.15) is 20.8 Å². The fraction of sp³-hybridized carbons (Fsp3) is 0.533. The molecule has 1 aliphatic rings. The van der Waals surface area contributed by atoms with Crippen LogP contribution in [0.2, 0.25) is 0 Å². The van der Waals surface area contributed by atoms with Gasteiger partial charge in [-0.15, -0.1) is 0 Å². The molecule has 0 spiro atoms. The van der Waals surface area contributed by atoms with Crippen LogP contribution in [0.25, 0.3) is 0 Å². The molecule has 0 bridgehead atoms. The number of hydrogen-bond acceptors (Lipinski definition) is 4. The quantitative estimate of drug-likeness (QED) is 0.853. The van der Waals surface area contributed by atoms with Crippen molar-refractivity contribution in [2.75, 3.05) is 13.1 Å². The fourth-order valence-electron chi connectivity index (χ4n) is 2.18. The zero-order chi connectivity index (χ0) is 14.5. The predicted molar refractivity (Wildman–Crippen MR) is 77.1 cm³/mol. The van der Waals surface area contributed by atoms with Crippen LogP contribution in [0.15, 0.2) is 24.3 Å². The van der Waals surface area contributed by atoms with E-state index < -0.39 is 6.10 Å². The predicted octanol–water partition coefficient (Wildman–Crippen LogP) is 1.33. The van der Waals surface area contributed by atoms with E-state index in [2.05, 4.69) is 10.6 Å². The lowest BCUT2D eigenvalue weighted by atomic mass is 10.1. The van der Waals surface area contributed by atoms with Gasteiger partial charge in [0.2, 0.25) is 6.10 Å². The van der Waals surface area contributed by atoms with Crippen molar-refractivity contribution in [3.8, 4) is 11.5 Å². The van der Waals surface area contributed by atoms with Gasteiger partial charge in [0, 0.05) is 12.6 Å². The van der Waals surface area contributed by atoms with Crippen LogP contribution in [0.3, 0.4) is 0 Å². The van der Waals surface area contributed by atoms with E-state index in [1.807, 2.05) is 45.0 Å². The number of fused-ring (bicyclic) bond motifs is 1. The minimum Gasteiger partial charge on any atom is -0.482 e. The third-order valence-corrected chi connectivity index (χ3v) is 3.24. The van der Waals surface area contributed by atoms with Crippen LogP contribution >= 0.6 is 0 Å². The summed E-state index contributed by atoms with van der Waals surface area (Å²) in [6, 6.07) is 7.63. The highest BCUT2D eigenvalue weighted by Crippen LogP contribution is 2.33. The molecule has 2 N–H and O–H groups in total. The fourth-order valence-corrected chi connectivity index (χ4v) is 2.18. The first kappa shape index (κ1) is 14.7. The summed E-state index contributed by atoms with van der Waals surface area (Å²) in [5, 5.41) is 6.14. The Morgan fingerprint density at radius 2 is 1.95 bits per heavy atom. The van der Waals surface area contributed by atoms with Crippen molar-refractivity contribution in [1.82, 2.24) is 10.6 Å². The van der Waals surface area contributed by atoms with Crippen LogP contribution in [0.5, 0.6) is 11.5 Å². The topological polar surface area (TPSA) is 59.6 Å². The molecule has 5 heteroatoms. The van der Waals surface area contributed by atoms with E-state index in [-0.39, 0.29) is 18.1 Å². The number of hydrogen-bond donors (Lipinski definition) is 2. The van der Waals surface area contributed by atoms with E-state index in [0.29, 0.717) is 18.0 Å². The lowest BCUT2D eigenvalue weighted by Gasteiger charge is -2.31. The van der Waals surface area contributed by atoms with Crippen molar-refractivity contribution < 1.29 is 14.3 Å². The molecular formula is C15H22N2O3. The normalized spacial score (nSPS) is 22.1. The monoisotopic (exact) mass is 278 g/mol. The molecule has 0 saturated carbocycles. The molecule has 1 aromatic rings. The van der Waals surface area contributed by atoms with Crippen molar-refractivity contribution in [1.29, 1.82) is 0 Å². The third-order valence-electron chi connectivity index (χ3n) is 3.24. The summed E-state index contributed by atoms with van der Waals surface area (Å²) in [6.45, 7) is 7.36. The highest BCUT2D eigenvalue weighted by molar-refractivity contribution is 5.82. The molecule has 1 amide bonds. The van der Waals surface area contributed by atoms with Gasteiger partial charge < -0.3 is 20.1 Å². The second-order valence-corrected chi connectivity index (χ2v) is 5.01. The van der Waals surface area contributed by atoms with Gasteiger partial charge in [-0.2, -0.15) is 0 Å². The van der Waals surface area contributed by atoms with Gasteiger partial charge >= 0.3 is 0 Å². The Kier molecular flexibility index (Phi) is 4.84. The number of nitrogens with one attached hydrogen (secondary N) is 2. The highest BCUT2D eigenvalue weighted by atomic mass is 16.6. The number of para-hydroxylation sites is 2. The van der Waals surface area contributed by atoms with Crippen molar-refractivity contribution in [2.24, 2.45) is 0 Å². The van der Waals surface area contributed by atoms with Crippen molar-refractivity contribution in [3.63, 3.8) is 0 Å². The molecule has 3 atom stereocenters. The zero-order valence-electron chi connectivity index (χ0n) is 12.2. The maximum absolute atomic E-state index is 12.2. The molecule has 2 unspecified atom stereocenters. The number of carbonyl (C=O) groups excluding carboxylic acids is 1. The molecule has 0 aromatic heterocycles. The molecule has 1 aromatic carbocycles.